The van der Waals surface area contributed by atoms with Gasteiger partial charge in [0, 0.05) is 11.7 Å². The van der Waals surface area contributed by atoms with Gasteiger partial charge in [-0.15, -0.1) is 4.91 Å². The molecule has 0 atom stereocenters. The quantitative estimate of drug-likeness (QED) is 0.686. The van der Waals surface area contributed by atoms with Crippen molar-refractivity contribution >= 4 is 11.9 Å². The molecule has 0 rings (SSSR count). The number of amides is 3. The van der Waals surface area contributed by atoms with Gasteiger partial charge in [0.05, 0.1) is 0 Å². The van der Waals surface area contributed by atoms with Crippen LogP contribution in [0.5, 0.6) is 0 Å². The van der Waals surface area contributed by atoms with Crippen molar-refractivity contribution in [2.75, 3.05) is 13.1 Å². The van der Waals surface area contributed by atoms with Crippen molar-refractivity contribution in [3.63, 3.8) is 0 Å². The number of nitrogens with zero attached hydrogens (tertiary/aromatic N) is 1. The Morgan fingerprint density at radius 2 is 1.80 bits per heavy atom. The third kappa shape index (κ3) is 8.86. The van der Waals surface area contributed by atoms with Crippen LogP contribution in [0.3, 0.4) is 0 Å². The summed E-state index contributed by atoms with van der Waals surface area (Å²) < 4.78 is 0. The summed E-state index contributed by atoms with van der Waals surface area (Å²) in [5, 5.41) is 6.95. The van der Waals surface area contributed by atoms with Gasteiger partial charge in [-0.25, -0.2) is 4.79 Å². The number of urea groups is 1. The van der Waals surface area contributed by atoms with Crippen LogP contribution in [0.2, 0.25) is 0 Å². The average Bonchev–Trinajstić information content (AvgIpc) is 2.12. The van der Waals surface area contributed by atoms with Gasteiger partial charge in [-0.2, -0.15) is 0 Å². The van der Waals surface area contributed by atoms with E-state index in [-0.39, 0.29) is 12.0 Å². The predicted molar refractivity (Wildman–Crippen MR) is 56.3 cm³/mol. The lowest BCUT2D eigenvalue weighted by Gasteiger charge is -2.17. The number of carbonyl (C=O) groups excluding carboxylic acids is 2. The van der Waals surface area contributed by atoms with E-state index in [0.29, 0.717) is 6.54 Å². The topological polar surface area (TPSA) is 87.6 Å². The maximum absolute atomic E-state index is 11.0. The fourth-order valence-corrected chi connectivity index (χ4v) is 0.802. The van der Waals surface area contributed by atoms with Crippen molar-refractivity contribution in [1.82, 2.24) is 10.6 Å². The summed E-state index contributed by atoms with van der Waals surface area (Å²) in [6.07, 6.45) is 0.834. The lowest BCUT2D eigenvalue weighted by molar-refractivity contribution is -0.116. The molecular weight excluding hydrogens is 198 g/mol. The fraction of sp³-hybridized carbons (Fsp3) is 0.778. The molecule has 6 heteroatoms. The molecule has 2 N–H and O–H groups in total. The van der Waals surface area contributed by atoms with Crippen molar-refractivity contribution in [1.29, 1.82) is 0 Å². The highest BCUT2D eigenvalue weighted by Gasteiger charge is 2.10. The SMILES string of the molecule is CC(C)(C)CCNC(=O)NCC(=O)N=O. The van der Waals surface area contributed by atoms with Gasteiger partial charge in [0.25, 0.3) is 0 Å². The molecule has 0 aliphatic rings. The van der Waals surface area contributed by atoms with Crippen LogP contribution in [0.15, 0.2) is 5.18 Å². The highest BCUT2D eigenvalue weighted by atomic mass is 16.3. The molecule has 0 unspecified atom stereocenters. The second-order valence-corrected chi connectivity index (χ2v) is 4.41. The number of hydrogen-bond donors (Lipinski definition) is 2. The van der Waals surface area contributed by atoms with Crippen LogP contribution in [0.1, 0.15) is 27.2 Å². The molecule has 0 aromatic carbocycles. The van der Waals surface area contributed by atoms with E-state index < -0.39 is 11.9 Å². The van der Waals surface area contributed by atoms with Gasteiger partial charge in [0.1, 0.15) is 6.54 Å². The highest BCUT2D eigenvalue weighted by molar-refractivity contribution is 5.84. The minimum absolute atomic E-state index is 0.146. The Labute approximate surface area is 88.8 Å². The Morgan fingerprint density at radius 1 is 1.20 bits per heavy atom. The van der Waals surface area contributed by atoms with Crippen LogP contribution >= 0.6 is 0 Å². The molecule has 0 aliphatic carbocycles. The molecule has 0 aromatic heterocycles. The minimum Gasteiger partial charge on any atom is -0.338 e. The molecule has 86 valence electrons. The number of nitroso groups, excluding NO2 is 1. The molecule has 0 spiro atoms. The zero-order valence-electron chi connectivity index (χ0n) is 9.29. The Balaban J connectivity index is 3.58. The first-order chi connectivity index (χ1) is 6.85. The summed E-state index contributed by atoms with van der Waals surface area (Å²) in [7, 11) is 0. The maximum atomic E-state index is 11.0. The third-order valence-electron chi connectivity index (χ3n) is 1.66. The fourth-order valence-electron chi connectivity index (χ4n) is 0.802. The summed E-state index contributed by atoms with van der Waals surface area (Å²) in [6.45, 7) is 6.36. The van der Waals surface area contributed by atoms with Crippen LogP contribution in [0, 0.1) is 10.3 Å². The van der Waals surface area contributed by atoms with Gasteiger partial charge in [0.2, 0.25) is 0 Å². The zero-order chi connectivity index (χ0) is 11.9. The molecule has 3 amide bonds. The van der Waals surface area contributed by atoms with E-state index >= 15 is 0 Å². The van der Waals surface area contributed by atoms with E-state index in [9.17, 15) is 14.5 Å². The van der Waals surface area contributed by atoms with E-state index in [1.54, 1.807) is 0 Å². The number of hydrogen-bond acceptors (Lipinski definition) is 3. The Kier molecular flexibility index (Phi) is 5.51. The first-order valence-corrected chi connectivity index (χ1v) is 4.73. The summed E-state index contributed by atoms with van der Waals surface area (Å²) in [5.41, 5.74) is 0.146. The lowest BCUT2D eigenvalue weighted by Crippen LogP contribution is -2.39. The summed E-state index contributed by atoms with van der Waals surface area (Å²) in [6, 6.07) is -0.462. The molecule has 6 nitrogen and oxygen atoms in total. The smallest absolute Gasteiger partial charge is 0.315 e. The van der Waals surface area contributed by atoms with E-state index in [4.69, 9.17) is 0 Å². The van der Waals surface area contributed by atoms with Crippen molar-refractivity contribution in [3.8, 4) is 0 Å². The van der Waals surface area contributed by atoms with Crippen molar-refractivity contribution in [2.45, 2.75) is 27.2 Å². The second kappa shape index (κ2) is 6.10. The van der Waals surface area contributed by atoms with E-state index in [1.807, 2.05) is 0 Å². The second-order valence-electron chi connectivity index (χ2n) is 4.41. The van der Waals surface area contributed by atoms with E-state index in [0.717, 1.165) is 6.42 Å². The zero-order valence-corrected chi connectivity index (χ0v) is 9.29. The first kappa shape index (κ1) is 13.5. The normalized spacial score (nSPS) is 10.6. The molecule has 0 saturated heterocycles. The minimum atomic E-state index is -0.888. The van der Waals surface area contributed by atoms with Crippen LogP contribution in [-0.4, -0.2) is 25.0 Å². The largest absolute Gasteiger partial charge is 0.338 e. The molecule has 0 radical (unpaired) electrons. The summed E-state index contributed by atoms with van der Waals surface area (Å²) in [4.78, 5) is 31.2. The van der Waals surface area contributed by atoms with Gasteiger partial charge in [-0.3, -0.25) is 4.79 Å². The molecule has 0 aromatic rings. The summed E-state index contributed by atoms with van der Waals surface area (Å²) >= 11 is 0. The molecular formula is C9H17N3O3. The Hall–Kier alpha value is -1.46. The molecule has 15 heavy (non-hydrogen) atoms. The van der Waals surface area contributed by atoms with Gasteiger partial charge in [-0.05, 0) is 11.8 Å². The lowest BCUT2D eigenvalue weighted by atomic mass is 9.92. The highest BCUT2D eigenvalue weighted by Crippen LogP contribution is 2.16. The number of nitrogens with one attached hydrogen (secondary N) is 2. The molecule has 0 fully saturated rings. The van der Waals surface area contributed by atoms with Gasteiger partial charge in [0.15, 0.2) is 0 Å². The van der Waals surface area contributed by atoms with Crippen LogP contribution in [-0.2, 0) is 4.79 Å². The first-order valence-electron chi connectivity index (χ1n) is 4.73. The average molecular weight is 215 g/mol. The van der Waals surface area contributed by atoms with Crippen LogP contribution in [0.25, 0.3) is 0 Å². The van der Waals surface area contributed by atoms with Gasteiger partial charge >= 0.3 is 11.9 Å². The monoisotopic (exact) mass is 215 g/mol. The standard InChI is InChI=1S/C9H17N3O3/c1-9(2,3)4-5-10-8(14)11-6-7(13)12-15/h4-6H2,1-3H3,(H2,10,11,14). The van der Waals surface area contributed by atoms with Crippen molar-refractivity contribution < 1.29 is 9.59 Å². The molecule has 0 aliphatic heterocycles. The Morgan fingerprint density at radius 3 is 2.27 bits per heavy atom. The predicted octanol–water partition coefficient (Wildman–Crippen LogP) is 1.01. The Bertz CT molecular complexity index is 245. The summed E-state index contributed by atoms with van der Waals surface area (Å²) in [5.74, 6) is -0.888. The van der Waals surface area contributed by atoms with Crippen LogP contribution in [0.4, 0.5) is 4.79 Å². The molecule has 0 bridgehead atoms. The van der Waals surface area contributed by atoms with Crippen molar-refractivity contribution in [3.05, 3.63) is 4.91 Å². The van der Waals surface area contributed by atoms with Crippen LogP contribution < -0.4 is 10.6 Å². The van der Waals surface area contributed by atoms with E-state index in [1.165, 1.54) is 0 Å². The molecule has 0 saturated carbocycles. The number of rotatable bonds is 4. The van der Waals surface area contributed by atoms with Crippen molar-refractivity contribution in [2.24, 2.45) is 10.6 Å². The maximum Gasteiger partial charge on any atom is 0.315 e. The van der Waals surface area contributed by atoms with E-state index in [2.05, 4.69) is 36.6 Å². The third-order valence-corrected chi connectivity index (χ3v) is 1.66. The van der Waals surface area contributed by atoms with Gasteiger partial charge < -0.3 is 10.6 Å². The number of carbonyl (C=O) groups is 2. The molecule has 0 heterocycles. The van der Waals surface area contributed by atoms with Gasteiger partial charge in [-0.1, -0.05) is 20.8 Å².